The fraction of sp³-hybridized carbons (Fsp3) is 0.444. The molecule has 200 valence electrons. The summed E-state index contributed by atoms with van der Waals surface area (Å²) in [5, 5.41) is 18.3. The molecule has 0 fully saturated rings. The summed E-state index contributed by atoms with van der Waals surface area (Å²) in [6.07, 6.45) is -0.497. The van der Waals surface area contributed by atoms with Crippen molar-refractivity contribution in [2.45, 2.75) is 45.9 Å². The van der Waals surface area contributed by atoms with E-state index >= 15 is 0 Å². The number of carbonyl (C=O) groups is 3. The largest absolute Gasteiger partial charge is 0.485 e. The molecule has 0 saturated heterocycles. The fourth-order valence-corrected chi connectivity index (χ4v) is 4.08. The zero-order chi connectivity index (χ0) is 27.1. The van der Waals surface area contributed by atoms with Crippen molar-refractivity contribution in [3.05, 3.63) is 54.1 Å². The third-order valence-corrected chi connectivity index (χ3v) is 6.18. The Morgan fingerprint density at radius 3 is 2.46 bits per heavy atom. The van der Waals surface area contributed by atoms with Gasteiger partial charge in [0.05, 0.1) is 30.4 Å². The van der Waals surface area contributed by atoms with E-state index in [0.717, 1.165) is 0 Å². The molecular weight excluding hydrogens is 474 g/mol. The zero-order valence-electron chi connectivity index (χ0n) is 22.0. The molecule has 0 saturated carbocycles. The number of ether oxygens (including phenoxy) is 1. The number of para-hydroxylation sites is 2. The number of aliphatic hydroxyl groups is 1. The number of benzene rings is 2. The van der Waals surface area contributed by atoms with Gasteiger partial charge in [-0.05, 0) is 45.0 Å². The van der Waals surface area contributed by atoms with Crippen molar-refractivity contribution in [1.82, 2.24) is 15.1 Å². The Hall–Kier alpha value is -3.79. The van der Waals surface area contributed by atoms with E-state index in [1.54, 1.807) is 54.1 Å². The molecule has 1 heterocycles. The van der Waals surface area contributed by atoms with Crippen LogP contribution in [0.2, 0.25) is 0 Å². The van der Waals surface area contributed by atoms with Crippen LogP contribution in [0, 0.1) is 5.92 Å². The first-order chi connectivity index (χ1) is 17.6. The van der Waals surface area contributed by atoms with Crippen molar-refractivity contribution in [2.75, 3.05) is 37.4 Å². The second-order valence-corrected chi connectivity index (χ2v) is 9.73. The minimum atomic E-state index is -0.497. The van der Waals surface area contributed by atoms with Gasteiger partial charge in [0, 0.05) is 31.2 Å². The Labute approximate surface area is 218 Å². The maximum atomic E-state index is 13.6. The van der Waals surface area contributed by atoms with E-state index in [4.69, 9.17) is 4.74 Å². The molecule has 37 heavy (non-hydrogen) atoms. The lowest BCUT2D eigenvalue weighted by Crippen LogP contribution is -2.51. The van der Waals surface area contributed by atoms with E-state index < -0.39 is 18.2 Å². The number of rotatable bonds is 7. The van der Waals surface area contributed by atoms with Crippen LogP contribution in [0.4, 0.5) is 21.0 Å². The number of aliphatic hydroxyl groups excluding tert-OH is 1. The smallest absolute Gasteiger partial charge is 0.323 e. The van der Waals surface area contributed by atoms with Gasteiger partial charge in [-0.2, -0.15) is 0 Å². The monoisotopic (exact) mass is 511 g/mol. The number of nitrogens with zero attached hydrogens (tertiary/aromatic N) is 2. The molecule has 3 rings (SSSR count). The summed E-state index contributed by atoms with van der Waals surface area (Å²) in [7, 11) is 1.68. The van der Waals surface area contributed by atoms with Crippen molar-refractivity contribution >= 4 is 29.3 Å². The molecule has 0 bridgehead atoms. The summed E-state index contributed by atoms with van der Waals surface area (Å²) in [5.74, 6) is -0.272. The normalized spacial score (nSPS) is 18.1. The minimum Gasteiger partial charge on any atom is -0.485 e. The molecule has 4 N–H and O–H groups in total. The quantitative estimate of drug-likeness (QED) is 0.452. The molecule has 0 aliphatic carbocycles. The van der Waals surface area contributed by atoms with E-state index in [-0.39, 0.29) is 48.4 Å². The lowest BCUT2D eigenvalue weighted by Gasteiger charge is -2.38. The van der Waals surface area contributed by atoms with E-state index in [9.17, 15) is 19.5 Å². The van der Waals surface area contributed by atoms with Gasteiger partial charge in [-0.3, -0.25) is 4.79 Å². The van der Waals surface area contributed by atoms with Crippen molar-refractivity contribution in [2.24, 2.45) is 5.92 Å². The van der Waals surface area contributed by atoms with Crippen molar-refractivity contribution in [3.63, 3.8) is 0 Å². The lowest BCUT2D eigenvalue weighted by molar-refractivity contribution is 0.0368. The van der Waals surface area contributed by atoms with Gasteiger partial charge in [0.25, 0.3) is 5.91 Å². The van der Waals surface area contributed by atoms with Crippen molar-refractivity contribution < 1.29 is 24.2 Å². The maximum absolute atomic E-state index is 13.6. The molecule has 0 radical (unpaired) electrons. The second-order valence-electron chi connectivity index (χ2n) is 9.73. The van der Waals surface area contributed by atoms with Crippen LogP contribution in [-0.2, 0) is 0 Å². The van der Waals surface area contributed by atoms with Crippen LogP contribution >= 0.6 is 0 Å². The van der Waals surface area contributed by atoms with Gasteiger partial charge in [-0.1, -0.05) is 31.2 Å². The van der Waals surface area contributed by atoms with Crippen LogP contribution in [0.15, 0.2) is 48.5 Å². The average Bonchev–Trinajstić information content (AvgIpc) is 2.86. The van der Waals surface area contributed by atoms with Crippen LogP contribution in [-0.4, -0.2) is 77.8 Å². The molecular formula is C27H37N5O5. The first-order valence-corrected chi connectivity index (χ1v) is 12.5. The number of amides is 5. The van der Waals surface area contributed by atoms with Gasteiger partial charge < -0.3 is 35.6 Å². The fourth-order valence-electron chi connectivity index (χ4n) is 4.08. The Bertz CT molecular complexity index is 1090. The van der Waals surface area contributed by atoms with Crippen LogP contribution in [0.1, 0.15) is 38.1 Å². The van der Waals surface area contributed by atoms with Crippen molar-refractivity contribution in [1.29, 1.82) is 0 Å². The van der Waals surface area contributed by atoms with Crippen LogP contribution < -0.4 is 20.7 Å². The first-order valence-electron chi connectivity index (χ1n) is 12.5. The molecule has 1 aliphatic rings. The van der Waals surface area contributed by atoms with Crippen LogP contribution in [0.3, 0.4) is 0 Å². The number of carbonyl (C=O) groups excluding carboxylic acids is 3. The number of likely N-dealkylation sites (N-methyl/N-ethyl adjacent to an activating group) is 1. The highest BCUT2D eigenvalue weighted by atomic mass is 16.5. The predicted molar refractivity (Wildman–Crippen MR) is 143 cm³/mol. The third kappa shape index (κ3) is 7.13. The third-order valence-electron chi connectivity index (χ3n) is 6.18. The Morgan fingerprint density at radius 1 is 1.11 bits per heavy atom. The number of urea groups is 2. The molecule has 0 aromatic heterocycles. The molecule has 3 atom stereocenters. The molecule has 1 aliphatic heterocycles. The van der Waals surface area contributed by atoms with E-state index in [1.807, 2.05) is 39.0 Å². The maximum Gasteiger partial charge on any atom is 0.323 e. The zero-order valence-corrected chi connectivity index (χ0v) is 22.0. The number of nitrogens with one attached hydrogen (secondary N) is 3. The standard InChI is InChI=1S/C27H37N5O5/c1-17(2)28-27(36)31(5)15-23-18(3)14-32(19(4)16-33)25(34)21-12-9-13-22(24(21)37-23)30-26(35)29-20-10-7-6-8-11-20/h6-13,17-19,23,33H,14-16H2,1-5H3,(H,28,36)(H2,29,30,35)/t18-,19-,23+/m1/s1. The second kappa shape index (κ2) is 12.4. The van der Waals surface area contributed by atoms with Gasteiger partial charge in [-0.15, -0.1) is 0 Å². The predicted octanol–water partition coefficient (Wildman–Crippen LogP) is 3.60. The van der Waals surface area contributed by atoms with Gasteiger partial charge in [-0.25, -0.2) is 9.59 Å². The molecule has 10 nitrogen and oxygen atoms in total. The summed E-state index contributed by atoms with van der Waals surface area (Å²) in [5.41, 5.74) is 1.20. The summed E-state index contributed by atoms with van der Waals surface area (Å²) in [6.45, 7) is 7.86. The number of fused-ring (bicyclic) bond motifs is 1. The summed E-state index contributed by atoms with van der Waals surface area (Å²) < 4.78 is 6.42. The van der Waals surface area contributed by atoms with Crippen LogP contribution in [0.25, 0.3) is 0 Å². The van der Waals surface area contributed by atoms with Gasteiger partial charge in [0.1, 0.15) is 6.10 Å². The van der Waals surface area contributed by atoms with Crippen molar-refractivity contribution in [3.8, 4) is 5.75 Å². The van der Waals surface area contributed by atoms with E-state index in [2.05, 4.69) is 16.0 Å². The van der Waals surface area contributed by atoms with Gasteiger partial charge in [0.15, 0.2) is 5.75 Å². The highest BCUT2D eigenvalue weighted by Crippen LogP contribution is 2.35. The highest BCUT2D eigenvalue weighted by Gasteiger charge is 2.35. The topological polar surface area (TPSA) is 123 Å². The molecule has 5 amide bonds. The number of hydrogen-bond acceptors (Lipinski definition) is 5. The molecule has 0 spiro atoms. The highest BCUT2D eigenvalue weighted by molar-refractivity contribution is 6.04. The van der Waals surface area contributed by atoms with Gasteiger partial charge >= 0.3 is 12.1 Å². The number of hydrogen-bond donors (Lipinski definition) is 4. The first kappa shape index (κ1) is 27.8. The molecule has 2 aromatic rings. The SMILES string of the molecule is CC(C)NC(=O)N(C)C[C@@H]1Oc2c(NC(=O)Nc3ccccc3)cccc2C(=O)N([C@H](C)CO)C[C@H]1C. The Kier molecular flexibility index (Phi) is 9.35. The molecule has 2 aromatic carbocycles. The summed E-state index contributed by atoms with van der Waals surface area (Å²) in [4.78, 5) is 42.1. The van der Waals surface area contributed by atoms with Gasteiger partial charge in [0.2, 0.25) is 0 Å². The van der Waals surface area contributed by atoms with E-state index in [1.165, 1.54) is 0 Å². The van der Waals surface area contributed by atoms with E-state index in [0.29, 0.717) is 17.9 Å². The summed E-state index contributed by atoms with van der Waals surface area (Å²) in [6, 6.07) is 12.8. The number of anilines is 2. The lowest BCUT2D eigenvalue weighted by atomic mass is 9.99. The molecule has 0 unspecified atom stereocenters. The Morgan fingerprint density at radius 2 is 1.81 bits per heavy atom. The average molecular weight is 512 g/mol. The van der Waals surface area contributed by atoms with Crippen LogP contribution in [0.5, 0.6) is 5.75 Å². The summed E-state index contributed by atoms with van der Waals surface area (Å²) >= 11 is 0. The Balaban J connectivity index is 1.95. The minimum absolute atomic E-state index is 0.0243. The molecule has 10 heteroatoms.